The Morgan fingerprint density at radius 3 is 2.69 bits per heavy atom. The van der Waals surface area contributed by atoms with Crippen LogP contribution in [0.5, 0.6) is 5.75 Å². The van der Waals surface area contributed by atoms with Crippen LogP contribution in [-0.4, -0.2) is 16.6 Å². The first kappa shape index (κ1) is 16.0. The summed E-state index contributed by atoms with van der Waals surface area (Å²) in [5, 5.41) is 3.16. The number of aromatic nitrogens is 2. The third kappa shape index (κ3) is 3.30. The molecule has 0 aliphatic rings. The number of benzene rings is 2. The Bertz CT molecular complexity index is 979. The molecule has 4 rings (SSSR count). The van der Waals surface area contributed by atoms with Crippen LogP contribution >= 0.6 is 0 Å². The molecule has 2 aromatic carbocycles. The van der Waals surface area contributed by atoms with Crippen LogP contribution in [0.25, 0.3) is 22.6 Å². The van der Waals surface area contributed by atoms with Gasteiger partial charge in [-0.2, -0.15) is 0 Å². The molecule has 0 saturated carbocycles. The van der Waals surface area contributed by atoms with E-state index < -0.39 is 0 Å². The van der Waals surface area contributed by atoms with Crippen LogP contribution in [0, 0.1) is 0 Å². The molecule has 0 saturated heterocycles. The summed E-state index contributed by atoms with van der Waals surface area (Å²) >= 11 is 0. The molecule has 4 aromatic rings. The summed E-state index contributed by atoms with van der Waals surface area (Å²) < 4.78 is 16.9. The number of rotatable bonds is 6. The first-order chi connectivity index (χ1) is 12.8. The average molecular weight is 347 g/mol. The van der Waals surface area contributed by atoms with Gasteiger partial charge in [0.25, 0.3) is 6.01 Å². The highest BCUT2D eigenvalue weighted by atomic mass is 16.5. The lowest BCUT2D eigenvalue weighted by atomic mass is 10.1. The third-order valence-electron chi connectivity index (χ3n) is 3.79. The van der Waals surface area contributed by atoms with Gasteiger partial charge in [0.1, 0.15) is 5.75 Å². The summed E-state index contributed by atoms with van der Waals surface area (Å²) in [5.41, 5.74) is 2.62. The van der Waals surface area contributed by atoms with Crippen LogP contribution in [0.15, 0.2) is 76.2 Å². The molecule has 26 heavy (non-hydrogen) atoms. The van der Waals surface area contributed by atoms with Crippen molar-refractivity contribution in [1.29, 1.82) is 0 Å². The quantitative estimate of drug-likeness (QED) is 0.521. The monoisotopic (exact) mass is 347 g/mol. The van der Waals surface area contributed by atoms with Gasteiger partial charge in [-0.1, -0.05) is 30.3 Å². The molecule has 0 fully saturated rings. The van der Waals surface area contributed by atoms with Gasteiger partial charge < -0.3 is 18.9 Å². The topological polar surface area (TPSA) is 73.3 Å². The Labute approximate surface area is 150 Å². The number of nitrogens with zero attached hydrogens (tertiary/aromatic N) is 2. The smallest absolute Gasteiger partial charge is 0.299 e. The predicted octanol–water partition coefficient (Wildman–Crippen LogP) is 5.14. The number of ether oxygens (including phenoxy) is 1. The normalized spacial score (nSPS) is 10.7. The van der Waals surface area contributed by atoms with Crippen molar-refractivity contribution < 1.29 is 13.6 Å². The van der Waals surface area contributed by atoms with Crippen LogP contribution in [0.2, 0.25) is 0 Å². The van der Waals surface area contributed by atoms with E-state index in [2.05, 4.69) is 15.3 Å². The Kier molecular flexibility index (Phi) is 4.38. The molecule has 0 bridgehead atoms. The summed E-state index contributed by atoms with van der Waals surface area (Å²) in [7, 11) is 0. The lowest BCUT2D eigenvalue weighted by molar-refractivity contribution is 0.341. The Balaban J connectivity index is 1.59. The lowest BCUT2D eigenvalue weighted by Gasteiger charge is -2.10. The van der Waals surface area contributed by atoms with E-state index in [1.807, 2.05) is 55.5 Å². The van der Waals surface area contributed by atoms with Gasteiger partial charge in [-0.25, -0.2) is 9.97 Å². The van der Waals surface area contributed by atoms with Gasteiger partial charge in [0.15, 0.2) is 17.9 Å². The molecule has 0 unspecified atom stereocenters. The number of anilines is 2. The highest BCUT2D eigenvalue weighted by Crippen LogP contribution is 2.33. The highest BCUT2D eigenvalue weighted by molar-refractivity contribution is 5.71. The van der Waals surface area contributed by atoms with Gasteiger partial charge in [-0.15, -0.1) is 0 Å². The molecule has 6 nitrogen and oxygen atoms in total. The maximum Gasteiger partial charge on any atom is 0.299 e. The molecule has 0 spiro atoms. The summed E-state index contributed by atoms with van der Waals surface area (Å²) in [6, 6.07) is 16.0. The zero-order chi connectivity index (χ0) is 17.8. The molecule has 0 aliphatic carbocycles. The Morgan fingerprint density at radius 1 is 1.04 bits per heavy atom. The zero-order valence-corrected chi connectivity index (χ0v) is 14.2. The molecular weight excluding hydrogens is 330 g/mol. The zero-order valence-electron chi connectivity index (χ0n) is 14.2. The minimum atomic E-state index is 0.415. The predicted molar refractivity (Wildman–Crippen MR) is 98.3 cm³/mol. The summed E-state index contributed by atoms with van der Waals surface area (Å²) in [5.74, 6) is 2.06. The van der Waals surface area contributed by atoms with E-state index in [0.717, 1.165) is 16.8 Å². The van der Waals surface area contributed by atoms with Crippen LogP contribution in [0.1, 0.15) is 6.92 Å². The summed E-state index contributed by atoms with van der Waals surface area (Å²) in [6.45, 7) is 2.48. The SMILES string of the molecule is CCOc1cc(Nc2ncc(-c3ccccc3)o2)ccc1-c1cnco1. The Morgan fingerprint density at radius 2 is 1.92 bits per heavy atom. The molecule has 1 N–H and O–H groups in total. The highest BCUT2D eigenvalue weighted by Gasteiger charge is 2.12. The van der Waals surface area contributed by atoms with Crippen LogP contribution in [0.3, 0.4) is 0 Å². The maximum absolute atomic E-state index is 5.78. The number of hydrogen-bond acceptors (Lipinski definition) is 6. The van der Waals surface area contributed by atoms with E-state index in [1.54, 1.807) is 12.4 Å². The van der Waals surface area contributed by atoms with Crippen LogP contribution in [0.4, 0.5) is 11.7 Å². The average Bonchev–Trinajstić information content (AvgIpc) is 3.35. The van der Waals surface area contributed by atoms with E-state index in [0.29, 0.717) is 29.9 Å². The fourth-order valence-corrected chi connectivity index (χ4v) is 2.62. The van der Waals surface area contributed by atoms with Gasteiger partial charge in [0, 0.05) is 17.3 Å². The van der Waals surface area contributed by atoms with Crippen molar-refractivity contribution in [3.8, 4) is 28.4 Å². The van der Waals surface area contributed by atoms with Crippen LogP contribution in [-0.2, 0) is 0 Å². The fraction of sp³-hybridized carbons (Fsp3) is 0.100. The van der Waals surface area contributed by atoms with Gasteiger partial charge in [0.05, 0.1) is 24.6 Å². The van der Waals surface area contributed by atoms with Crippen molar-refractivity contribution in [1.82, 2.24) is 9.97 Å². The minimum Gasteiger partial charge on any atom is -0.493 e. The second kappa shape index (κ2) is 7.14. The molecule has 0 amide bonds. The van der Waals surface area contributed by atoms with E-state index in [9.17, 15) is 0 Å². The van der Waals surface area contributed by atoms with E-state index in [1.165, 1.54) is 6.39 Å². The lowest BCUT2D eigenvalue weighted by Crippen LogP contribution is -1.96. The van der Waals surface area contributed by atoms with Crippen molar-refractivity contribution in [3.05, 3.63) is 67.3 Å². The van der Waals surface area contributed by atoms with E-state index >= 15 is 0 Å². The second-order valence-electron chi connectivity index (χ2n) is 5.53. The van der Waals surface area contributed by atoms with Gasteiger partial charge in [-0.3, -0.25) is 0 Å². The summed E-state index contributed by atoms with van der Waals surface area (Å²) in [4.78, 5) is 8.25. The van der Waals surface area contributed by atoms with Crippen molar-refractivity contribution in [2.24, 2.45) is 0 Å². The van der Waals surface area contributed by atoms with Crippen LogP contribution < -0.4 is 10.1 Å². The number of hydrogen-bond donors (Lipinski definition) is 1. The van der Waals surface area contributed by atoms with Crippen molar-refractivity contribution in [3.63, 3.8) is 0 Å². The van der Waals surface area contributed by atoms with E-state index in [-0.39, 0.29) is 0 Å². The molecule has 2 heterocycles. The van der Waals surface area contributed by atoms with E-state index in [4.69, 9.17) is 13.6 Å². The molecule has 130 valence electrons. The molecular formula is C20H17N3O3. The fourth-order valence-electron chi connectivity index (χ4n) is 2.62. The molecule has 0 aliphatic heterocycles. The first-order valence-electron chi connectivity index (χ1n) is 8.27. The molecule has 6 heteroatoms. The van der Waals surface area contributed by atoms with Gasteiger partial charge in [-0.05, 0) is 19.1 Å². The first-order valence-corrected chi connectivity index (χ1v) is 8.27. The van der Waals surface area contributed by atoms with Gasteiger partial charge in [0.2, 0.25) is 0 Å². The second-order valence-corrected chi connectivity index (χ2v) is 5.53. The minimum absolute atomic E-state index is 0.415. The third-order valence-corrected chi connectivity index (χ3v) is 3.79. The largest absolute Gasteiger partial charge is 0.493 e. The van der Waals surface area contributed by atoms with Crippen molar-refractivity contribution >= 4 is 11.7 Å². The van der Waals surface area contributed by atoms with Crippen molar-refractivity contribution in [2.75, 3.05) is 11.9 Å². The van der Waals surface area contributed by atoms with Gasteiger partial charge >= 0.3 is 0 Å². The Hall–Kier alpha value is -3.54. The summed E-state index contributed by atoms with van der Waals surface area (Å²) in [6.07, 6.45) is 4.75. The number of nitrogens with one attached hydrogen (secondary N) is 1. The molecule has 2 aromatic heterocycles. The molecule has 0 radical (unpaired) electrons. The van der Waals surface area contributed by atoms with Crippen molar-refractivity contribution in [2.45, 2.75) is 6.92 Å². The number of oxazole rings is 2. The maximum atomic E-state index is 5.78. The molecule has 0 atom stereocenters. The standard InChI is InChI=1S/C20H17N3O3/c1-2-24-17-10-15(8-9-16(17)19-11-21-13-25-19)23-20-22-12-18(26-20)14-6-4-3-5-7-14/h3-13H,2H2,1H3,(H,22,23).